The molecule has 3 aromatic heterocycles. The van der Waals surface area contributed by atoms with E-state index in [0.717, 1.165) is 17.0 Å². The molecule has 0 saturated carbocycles. The molecule has 0 radical (unpaired) electrons. The summed E-state index contributed by atoms with van der Waals surface area (Å²) in [5, 5.41) is 10.3. The van der Waals surface area contributed by atoms with Gasteiger partial charge in [-0.25, -0.2) is 0 Å². The van der Waals surface area contributed by atoms with Crippen molar-refractivity contribution in [3.05, 3.63) is 87.6 Å². The van der Waals surface area contributed by atoms with E-state index in [0.29, 0.717) is 23.4 Å². The van der Waals surface area contributed by atoms with Crippen molar-refractivity contribution >= 4 is 16.9 Å². The molecule has 0 bridgehead atoms. The minimum atomic E-state index is -0.478. The zero-order chi connectivity index (χ0) is 20.2. The van der Waals surface area contributed by atoms with Crippen LogP contribution < -0.4 is 15.6 Å². The number of carbonyl (C=O) groups excluding carboxylic acids is 1. The average molecular weight is 389 g/mol. The highest BCUT2D eigenvalue weighted by molar-refractivity contribution is 5.97. The number of aromatic amines is 2. The van der Waals surface area contributed by atoms with Crippen LogP contribution in [0.15, 0.2) is 59.5 Å². The third-order valence-corrected chi connectivity index (χ3v) is 4.47. The number of rotatable bonds is 6. The topological polar surface area (TPSA) is 113 Å². The zero-order valence-electron chi connectivity index (χ0n) is 15.7. The molecule has 0 aliphatic rings. The molecule has 3 heterocycles. The van der Waals surface area contributed by atoms with Crippen LogP contribution in [0.25, 0.3) is 11.0 Å². The molecular formula is C21H19N5O3. The van der Waals surface area contributed by atoms with Gasteiger partial charge in [0.05, 0.1) is 5.69 Å². The van der Waals surface area contributed by atoms with Crippen LogP contribution in [-0.4, -0.2) is 26.1 Å². The van der Waals surface area contributed by atoms with Gasteiger partial charge in [-0.15, -0.1) is 0 Å². The van der Waals surface area contributed by atoms with E-state index in [1.165, 1.54) is 0 Å². The molecule has 8 nitrogen and oxygen atoms in total. The number of aryl methyl sites for hydroxylation is 1. The van der Waals surface area contributed by atoms with Gasteiger partial charge in [-0.05, 0) is 42.8 Å². The number of nitrogens with one attached hydrogen (secondary N) is 3. The fourth-order valence-electron chi connectivity index (χ4n) is 2.93. The summed E-state index contributed by atoms with van der Waals surface area (Å²) < 4.78 is 5.76. The number of aromatic nitrogens is 4. The molecule has 0 fully saturated rings. The van der Waals surface area contributed by atoms with Crippen molar-refractivity contribution in [2.24, 2.45) is 0 Å². The van der Waals surface area contributed by atoms with Crippen molar-refractivity contribution in [2.75, 3.05) is 0 Å². The third kappa shape index (κ3) is 4.16. The second kappa shape index (κ2) is 7.97. The van der Waals surface area contributed by atoms with Crippen molar-refractivity contribution in [2.45, 2.75) is 20.1 Å². The van der Waals surface area contributed by atoms with Gasteiger partial charge in [-0.2, -0.15) is 5.10 Å². The fourth-order valence-corrected chi connectivity index (χ4v) is 2.93. The Bertz CT molecular complexity index is 1210. The normalized spacial score (nSPS) is 10.8. The molecule has 0 aliphatic carbocycles. The van der Waals surface area contributed by atoms with Crippen molar-refractivity contribution < 1.29 is 9.53 Å². The Kier molecular flexibility index (Phi) is 5.07. The van der Waals surface area contributed by atoms with E-state index in [4.69, 9.17) is 4.74 Å². The number of carbonyl (C=O) groups is 1. The van der Waals surface area contributed by atoms with Crippen molar-refractivity contribution in [3.8, 4) is 5.75 Å². The summed E-state index contributed by atoms with van der Waals surface area (Å²) in [7, 11) is 0. The molecule has 1 amide bonds. The van der Waals surface area contributed by atoms with Crippen LogP contribution in [0.3, 0.4) is 0 Å². The van der Waals surface area contributed by atoms with Gasteiger partial charge in [0.15, 0.2) is 5.65 Å². The van der Waals surface area contributed by atoms with E-state index >= 15 is 0 Å². The van der Waals surface area contributed by atoms with Gasteiger partial charge in [0.2, 0.25) is 0 Å². The maximum atomic E-state index is 12.5. The number of amides is 1. The summed E-state index contributed by atoms with van der Waals surface area (Å²) in [6.07, 6.45) is 1.72. The molecule has 0 aliphatic heterocycles. The lowest BCUT2D eigenvalue weighted by molar-refractivity contribution is 0.0949. The molecule has 1 aromatic carbocycles. The van der Waals surface area contributed by atoms with Crippen LogP contribution in [0.4, 0.5) is 0 Å². The first-order valence-corrected chi connectivity index (χ1v) is 9.08. The Hall–Kier alpha value is -3.94. The van der Waals surface area contributed by atoms with Gasteiger partial charge in [-0.3, -0.25) is 19.7 Å². The molecule has 0 spiro atoms. The van der Waals surface area contributed by atoms with Gasteiger partial charge in [0, 0.05) is 23.8 Å². The zero-order valence-corrected chi connectivity index (χ0v) is 15.7. The molecule has 0 saturated heterocycles. The SMILES string of the molecule is Cc1[nH]nc2[nH]c(=O)c(C(=O)NCc3cccc(OCc4ccccn4)c3)cc12. The second-order valence-corrected chi connectivity index (χ2v) is 6.56. The first kappa shape index (κ1) is 18.4. The summed E-state index contributed by atoms with van der Waals surface area (Å²) in [5.74, 6) is 0.226. The van der Waals surface area contributed by atoms with Gasteiger partial charge >= 0.3 is 0 Å². The Labute approximate surface area is 166 Å². The van der Waals surface area contributed by atoms with Crippen LogP contribution in [0.1, 0.15) is 27.3 Å². The van der Waals surface area contributed by atoms with Gasteiger partial charge in [0.1, 0.15) is 17.9 Å². The summed E-state index contributed by atoms with van der Waals surface area (Å²) in [6.45, 7) is 2.45. The maximum absolute atomic E-state index is 12.5. The Balaban J connectivity index is 1.42. The molecule has 0 atom stereocenters. The number of hydrogen-bond acceptors (Lipinski definition) is 5. The highest BCUT2D eigenvalue weighted by atomic mass is 16.5. The molecule has 29 heavy (non-hydrogen) atoms. The quantitative estimate of drug-likeness (QED) is 0.469. The molecule has 3 N–H and O–H groups in total. The van der Waals surface area contributed by atoms with E-state index in [-0.39, 0.29) is 12.1 Å². The standard InChI is InChI=1S/C21H19N5O3/c1-13-17-10-18(21(28)24-19(17)26-25-13)20(27)23-11-14-5-4-7-16(9-14)29-12-15-6-2-3-8-22-15/h2-10H,11-12H2,1H3,(H,23,27)(H2,24,25,26,28). The van der Waals surface area contributed by atoms with E-state index in [1.807, 2.05) is 49.4 Å². The molecule has 4 aromatic rings. The van der Waals surface area contributed by atoms with Crippen molar-refractivity contribution in [1.29, 1.82) is 0 Å². The van der Waals surface area contributed by atoms with Crippen LogP contribution in [0, 0.1) is 6.92 Å². The number of pyridine rings is 2. The third-order valence-electron chi connectivity index (χ3n) is 4.47. The van der Waals surface area contributed by atoms with Gasteiger partial charge in [0.25, 0.3) is 11.5 Å². The summed E-state index contributed by atoms with van der Waals surface area (Å²) in [6, 6.07) is 14.6. The number of H-pyrrole nitrogens is 2. The number of hydrogen-bond donors (Lipinski definition) is 3. The molecule has 0 unspecified atom stereocenters. The summed E-state index contributed by atoms with van der Waals surface area (Å²) in [5.41, 5.74) is 2.47. The van der Waals surface area contributed by atoms with Crippen LogP contribution in [-0.2, 0) is 13.2 Å². The number of fused-ring (bicyclic) bond motifs is 1. The van der Waals surface area contributed by atoms with Crippen LogP contribution in [0.5, 0.6) is 5.75 Å². The lowest BCUT2D eigenvalue weighted by Crippen LogP contribution is -2.29. The second-order valence-electron chi connectivity index (χ2n) is 6.56. The van der Waals surface area contributed by atoms with E-state index < -0.39 is 11.5 Å². The predicted octanol–water partition coefficient (Wildman–Crippen LogP) is 2.46. The highest BCUT2D eigenvalue weighted by Crippen LogP contribution is 2.15. The minimum absolute atomic E-state index is 0.0459. The molecule has 8 heteroatoms. The first-order valence-electron chi connectivity index (χ1n) is 9.08. The number of nitrogens with zero attached hydrogens (tertiary/aromatic N) is 2. The predicted molar refractivity (Wildman–Crippen MR) is 108 cm³/mol. The van der Waals surface area contributed by atoms with E-state index in [9.17, 15) is 9.59 Å². The van der Waals surface area contributed by atoms with Crippen LogP contribution in [0.2, 0.25) is 0 Å². The Morgan fingerprint density at radius 3 is 2.90 bits per heavy atom. The maximum Gasteiger partial charge on any atom is 0.262 e. The Morgan fingerprint density at radius 2 is 2.07 bits per heavy atom. The summed E-state index contributed by atoms with van der Waals surface area (Å²) in [4.78, 5) is 31.5. The smallest absolute Gasteiger partial charge is 0.262 e. The summed E-state index contributed by atoms with van der Waals surface area (Å²) >= 11 is 0. The van der Waals surface area contributed by atoms with Crippen molar-refractivity contribution in [1.82, 2.24) is 25.5 Å². The highest BCUT2D eigenvalue weighted by Gasteiger charge is 2.14. The van der Waals surface area contributed by atoms with E-state index in [1.54, 1.807) is 12.3 Å². The molecule has 146 valence electrons. The van der Waals surface area contributed by atoms with Gasteiger partial charge in [-0.1, -0.05) is 18.2 Å². The average Bonchev–Trinajstić information content (AvgIpc) is 3.10. The van der Waals surface area contributed by atoms with Crippen LogP contribution >= 0.6 is 0 Å². The minimum Gasteiger partial charge on any atom is -0.487 e. The molecule has 4 rings (SSSR count). The number of ether oxygens (including phenoxy) is 1. The fraction of sp³-hybridized carbons (Fsp3) is 0.143. The van der Waals surface area contributed by atoms with Gasteiger partial charge < -0.3 is 15.0 Å². The number of benzene rings is 1. The lowest BCUT2D eigenvalue weighted by atomic mass is 10.1. The first-order chi connectivity index (χ1) is 14.1. The van der Waals surface area contributed by atoms with E-state index in [2.05, 4.69) is 25.5 Å². The Morgan fingerprint density at radius 1 is 1.17 bits per heavy atom. The largest absolute Gasteiger partial charge is 0.487 e. The molecular weight excluding hydrogens is 370 g/mol. The van der Waals surface area contributed by atoms with Crippen molar-refractivity contribution in [3.63, 3.8) is 0 Å². The monoisotopic (exact) mass is 389 g/mol. The lowest BCUT2D eigenvalue weighted by Gasteiger charge is -2.09.